The molecular weight excluding hydrogens is 324 g/mol. The van der Waals surface area contributed by atoms with Gasteiger partial charge in [-0.05, 0) is 12.1 Å². The van der Waals surface area contributed by atoms with Crippen LogP contribution in [0.5, 0.6) is 5.75 Å². The van der Waals surface area contributed by atoms with Crippen LogP contribution in [-0.4, -0.2) is 48.1 Å². The van der Waals surface area contributed by atoms with Gasteiger partial charge in [-0.15, -0.1) is 0 Å². The second-order valence-electron chi connectivity index (χ2n) is 5.72. The van der Waals surface area contributed by atoms with Crippen molar-refractivity contribution in [2.45, 2.75) is 13.8 Å². The second-order valence-corrected chi connectivity index (χ2v) is 5.72. The average molecular weight is 346 g/mol. The first kappa shape index (κ1) is 18.5. The van der Waals surface area contributed by atoms with Gasteiger partial charge in [0.2, 0.25) is 0 Å². The number of phenols is 1. The van der Waals surface area contributed by atoms with Gasteiger partial charge in [-0.25, -0.2) is 5.01 Å². The largest absolute Gasteiger partial charge is 0.505 e. The molecule has 134 valence electrons. The molecular formula is C17H22N4O4. The highest BCUT2D eigenvalue weighted by Gasteiger charge is 2.24. The number of carbonyl (C=O) groups is 1. The Kier molecular flexibility index (Phi) is 5.43. The zero-order valence-electron chi connectivity index (χ0n) is 14.7. The maximum absolute atomic E-state index is 12.1. The van der Waals surface area contributed by atoms with Crippen molar-refractivity contribution in [1.29, 1.82) is 0 Å². The summed E-state index contributed by atoms with van der Waals surface area (Å²) in [6.07, 6.45) is 0. The minimum absolute atomic E-state index is 0.0710. The van der Waals surface area contributed by atoms with Gasteiger partial charge in [0.25, 0.3) is 16.8 Å². The van der Waals surface area contributed by atoms with E-state index in [1.165, 1.54) is 17.0 Å². The van der Waals surface area contributed by atoms with E-state index in [0.717, 1.165) is 0 Å². The first-order chi connectivity index (χ1) is 11.8. The zero-order chi connectivity index (χ0) is 18.7. The van der Waals surface area contributed by atoms with Crippen LogP contribution in [0.2, 0.25) is 0 Å². The Labute approximate surface area is 145 Å². The first-order valence-electron chi connectivity index (χ1n) is 7.97. The van der Waals surface area contributed by atoms with Crippen molar-refractivity contribution in [2.75, 3.05) is 37.9 Å². The number of nitrogens with one attached hydrogen (secondary N) is 2. The predicted molar refractivity (Wildman–Crippen MR) is 97.3 cm³/mol. The monoisotopic (exact) mass is 346 g/mol. The number of para-hydroxylation sites is 1. The summed E-state index contributed by atoms with van der Waals surface area (Å²) in [7, 11) is 3.15. The Hall–Kier alpha value is -2.87. The number of anilines is 3. The molecule has 0 radical (unpaired) electrons. The Balaban J connectivity index is 2.34. The molecule has 2 aromatic carbocycles. The van der Waals surface area contributed by atoms with E-state index < -0.39 is 10.9 Å². The topological polar surface area (TPSA) is 102 Å². The molecule has 0 aromatic heterocycles. The van der Waals surface area contributed by atoms with Crippen molar-refractivity contribution in [1.82, 2.24) is 9.91 Å². The average Bonchev–Trinajstić information content (AvgIpc) is 2.61. The molecule has 0 heterocycles. The Morgan fingerprint density at radius 1 is 1.08 bits per heavy atom. The smallest absolute Gasteiger partial charge is 0.257 e. The maximum atomic E-state index is 12.1. The van der Waals surface area contributed by atoms with E-state index in [0.29, 0.717) is 13.1 Å². The number of amides is 1. The quantitative estimate of drug-likeness (QED) is 0.392. The Morgan fingerprint density at radius 3 is 2.24 bits per heavy atom. The summed E-state index contributed by atoms with van der Waals surface area (Å²) >= 11 is 0. The lowest BCUT2D eigenvalue weighted by Crippen LogP contribution is -2.41. The standard InChI is InChI=1S/C17H22N4O4/c1-5-21(6-2)19-13-12(15(23)16(13)24)18-11-9-7-8-10(14(11)22)17(25)20(3)4/h7-9,18-19,22H,5-6H2,1-4H3. The number of hydrogen-bond acceptors (Lipinski definition) is 7. The summed E-state index contributed by atoms with van der Waals surface area (Å²) in [5, 5.41) is 14.9. The van der Waals surface area contributed by atoms with Crippen LogP contribution in [0.4, 0.5) is 17.1 Å². The van der Waals surface area contributed by atoms with E-state index in [9.17, 15) is 19.5 Å². The van der Waals surface area contributed by atoms with Gasteiger partial charge in [0.1, 0.15) is 11.4 Å². The minimum Gasteiger partial charge on any atom is -0.505 e. The molecule has 0 saturated carbocycles. The number of benzene rings is 1. The molecule has 2 rings (SSSR count). The SMILES string of the molecule is CCN(CC)Nc1c(Nc2cccc(C(=O)N(C)C)c2O)c(=O)c1=O. The van der Waals surface area contributed by atoms with Gasteiger partial charge >= 0.3 is 0 Å². The molecule has 0 fully saturated rings. The van der Waals surface area contributed by atoms with Crippen molar-refractivity contribution >= 4 is 23.0 Å². The van der Waals surface area contributed by atoms with Gasteiger partial charge in [-0.3, -0.25) is 14.4 Å². The summed E-state index contributed by atoms with van der Waals surface area (Å²) in [6.45, 7) is 5.12. The van der Waals surface area contributed by atoms with Crippen LogP contribution in [0, 0.1) is 0 Å². The lowest BCUT2D eigenvalue weighted by molar-refractivity contribution is 0.0824. The molecule has 0 aliphatic rings. The molecule has 0 aliphatic carbocycles. The van der Waals surface area contributed by atoms with Crippen LogP contribution >= 0.6 is 0 Å². The molecule has 8 heteroatoms. The van der Waals surface area contributed by atoms with Crippen molar-refractivity contribution in [3.8, 4) is 5.75 Å². The van der Waals surface area contributed by atoms with E-state index >= 15 is 0 Å². The number of hydrazine groups is 1. The van der Waals surface area contributed by atoms with Gasteiger partial charge in [-0.1, -0.05) is 19.9 Å². The molecule has 0 spiro atoms. The zero-order valence-corrected chi connectivity index (χ0v) is 14.7. The second kappa shape index (κ2) is 7.35. The van der Waals surface area contributed by atoms with E-state index in [-0.39, 0.29) is 34.3 Å². The highest BCUT2D eigenvalue weighted by molar-refractivity contribution is 5.99. The van der Waals surface area contributed by atoms with Gasteiger partial charge < -0.3 is 20.7 Å². The number of hydrogen-bond donors (Lipinski definition) is 3. The van der Waals surface area contributed by atoms with Gasteiger partial charge in [0.05, 0.1) is 11.3 Å². The highest BCUT2D eigenvalue weighted by Crippen LogP contribution is 2.32. The van der Waals surface area contributed by atoms with Crippen LogP contribution in [-0.2, 0) is 0 Å². The molecule has 25 heavy (non-hydrogen) atoms. The molecule has 0 aliphatic heterocycles. The number of phenolic OH excluding ortho intramolecular Hbond substituents is 1. The molecule has 0 saturated heterocycles. The summed E-state index contributed by atoms with van der Waals surface area (Å²) in [5.41, 5.74) is 2.13. The van der Waals surface area contributed by atoms with Crippen molar-refractivity contribution < 1.29 is 9.90 Å². The van der Waals surface area contributed by atoms with Crippen molar-refractivity contribution in [3.05, 3.63) is 44.2 Å². The molecule has 2 aromatic rings. The lowest BCUT2D eigenvalue weighted by atomic mass is 10.1. The van der Waals surface area contributed by atoms with Crippen LogP contribution in [0.1, 0.15) is 24.2 Å². The fraction of sp³-hybridized carbons (Fsp3) is 0.353. The van der Waals surface area contributed by atoms with E-state index in [2.05, 4.69) is 10.7 Å². The third kappa shape index (κ3) is 3.48. The molecule has 0 atom stereocenters. The molecule has 3 N–H and O–H groups in total. The van der Waals surface area contributed by atoms with Crippen LogP contribution in [0.25, 0.3) is 0 Å². The van der Waals surface area contributed by atoms with E-state index in [1.54, 1.807) is 25.2 Å². The van der Waals surface area contributed by atoms with Gasteiger partial charge in [0, 0.05) is 27.2 Å². The lowest BCUT2D eigenvalue weighted by Gasteiger charge is -2.23. The van der Waals surface area contributed by atoms with Crippen LogP contribution in [0.3, 0.4) is 0 Å². The summed E-state index contributed by atoms with van der Waals surface area (Å²) in [5.74, 6) is -0.643. The maximum Gasteiger partial charge on any atom is 0.257 e. The molecule has 0 unspecified atom stereocenters. The molecule has 8 nitrogen and oxygen atoms in total. The number of rotatable bonds is 7. The van der Waals surface area contributed by atoms with Crippen molar-refractivity contribution in [2.24, 2.45) is 0 Å². The van der Waals surface area contributed by atoms with Gasteiger partial charge in [-0.2, -0.15) is 0 Å². The van der Waals surface area contributed by atoms with Gasteiger partial charge in [0.15, 0.2) is 5.75 Å². The Bertz CT molecular complexity index is 849. The number of aromatic hydroxyl groups is 1. The number of nitrogens with zero attached hydrogens (tertiary/aromatic N) is 2. The van der Waals surface area contributed by atoms with Crippen LogP contribution < -0.4 is 21.6 Å². The summed E-state index contributed by atoms with van der Waals surface area (Å²) in [4.78, 5) is 37.1. The Morgan fingerprint density at radius 2 is 1.68 bits per heavy atom. The third-order valence-electron chi connectivity index (χ3n) is 3.88. The fourth-order valence-corrected chi connectivity index (χ4v) is 2.35. The minimum atomic E-state index is -0.668. The highest BCUT2D eigenvalue weighted by atomic mass is 16.3. The van der Waals surface area contributed by atoms with E-state index in [1.807, 2.05) is 13.8 Å². The predicted octanol–water partition coefficient (Wildman–Crippen LogP) is 1.10. The molecule has 0 bridgehead atoms. The summed E-state index contributed by atoms with van der Waals surface area (Å²) in [6, 6.07) is 4.60. The number of carbonyl (C=O) groups excluding carboxylic acids is 1. The first-order valence-corrected chi connectivity index (χ1v) is 7.97. The third-order valence-corrected chi connectivity index (χ3v) is 3.88. The summed E-state index contributed by atoms with van der Waals surface area (Å²) < 4.78 is 0. The van der Waals surface area contributed by atoms with E-state index in [4.69, 9.17) is 0 Å². The van der Waals surface area contributed by atoms with Crippen LogP contribution in [0.15, 0.2) is 27.8 Å². The normalized spacial score (nSPS) is 10.9. The molecule has 1 amide bonds. The van der Waals surface area contributed by atoms with Crippen molar-refractivity contribution in [3.63, 3.8) is 0 Å². The fourth-order valence-electron chi connectivity index (χ4n) is 2.35.